The summed E-state index contributed by atoms with van der Waals surface area (Å²) in [7, 11) is 3.51. The van der Waals surface area contributed by atoms with Crippen molar-refractivity contribution in [3.63, 3.8) is 0 Å². The van der Waals surface area contributed by atoms with Crippen LogP contribution in [0.2, 0.25) is 0 Å². The van der Waals surface area contributed by atoms with Crippen LogP contribution < -0.4 is 20.3 Å². The molecular formula is C22H31N5O3. The Morgan fingerprint density at radius 1 is 1.13 bits per heavy atom. The molecule has 0 saturated carbocycles. The predicted molar refractivity (Wildman–Crippen MR) is 119 cm³/mol. The van der Waals surface area contributed by atoms with E-state index in [1.54, 1.807) is 20.2 Å². The molecule has 3 rings (SSSR count). The number of carbonyl (C=O) groups excluding carboxylic acids is 1. The quantitative estimate of drug-likeness (QED) is 0.411. The Kier molecular flexibility index (Phi) is 7.59. The van der Waals surface area contributed by atoms with Crippen LogP contribution in [0.5, 0.6) is 5.75 Å². The SMILES string of the molecule is CN=C(NCCCNC(=O)c1occc1C)N1CCN(c2ccccc2OC)CC1. The molecule has 2 aromatic rings. The molecule has 8 nitrogen and oxygen atoms in total. The number of methoxy groups -OCH3 is 1. The summed E-state index contributed by atoms with van der Waals surface area (Å²) in [4.78, 5) is 21.1. The van der Waals surface area contributed by atoms with E-state index < -0.39 is 0 Å². The molecule has 1 aliphatic rings. The molecule has 30 heavy (non-hydrogen) atoms. The van der Waals surface area contributed by atoms with Crippen LogP contribution in [0.1, 0.15) is 22.5 Å². The summed E-state index contributed by atoms with van der Waals surface area (Å²) >= 11 is 0. The third-order valence-corrected chi connectivity index (χ3v) is 5.21. The lowest BCUT2D eigenvalue weighted by Gasteiger charge is -2.38. The zero-order valence-electron chi connectivity index (χ0n) is 18.0. The van der Waals surface area contributed by atoms with Crippen molar-refractivity contribution in [2.45, 2.75) is 13.3 Å². The number of para-hydroxylation sites is 2. The van der Waals surface area contributed by atoms with Gasteiger partial charge < -0.3 is 29.6 Å². The number of nitrogens with zero attached hydrogens (tertiary/aromatic N) is 3. The summed E-state index contributed by atoms with van der Waals surface area (Å²) in [6.45, 7) is 6.73. The van der Waals surface area contributed by atoms with E-state index in [1.165, 1.54) is 6.26 Å². The molecule has 0 aliphatic carbocycles. The van der Waals surface area contributed by atoms with Crippen LogP contribution in [0.4, 0.5) is 5.69 Å². The van der Waals surface area contributed by atoms with Gasteiger partial charge in [-0.1, -0.05) is 12.1 Å². The first-order valence-corrected chi connectivity index (χ1v) is 10.3. The standard InChI is InChI=1S/C22H31N5O3/c1-17-9-16-30-20(17)21(28)24-10-6-11-25-22(23-2)27-14-12-26(13-15-27)18-7-4-5-8-19(18)29-3/h4-5,7-9,16H,6,10-15H2,1-3H3,(H,23,25)(H,24,28). The summed E-state index contributed by atoms with van der Waals surface area (Å²) in [5.74, 6) is 2.00. The Morgan fingerprint density at radius 3 is 2.53 bits per heavy atom. The molecular weight excluding hydrogens is 382 g/mol. The molecule has 2 heterocycles. The van der Waals surface area contributed by atoms with Gasteiger partial charge in [-0.2, -0.15) is 0 Å². The molecule has 1 aromatic carbocycles. The van der Waals surface area contributed by atoms with Crippen LogP contribution in [0, 0.1) is 6.92 Å². The maximum Gasteiger partial charge on any atom is 0.287 e. The third-order valence-electron chi connectivity index (χ3n) is 5.21. The summed E-state index contributed by atoms with van der Waals surface area (Å²) in [6, 6.07) is 9.90. The van der Waals surface area contributed by atoms with Gasteiger partial charge in [0.2, 0.25) is 0 Å². The lowest BCUT2D eigenvalue weighted by atomic mass is 10.2. The topological polar surface area (TPSA) is 82.3 Å². The second kappa shape index (κ2) is 10.6. The maximum atomic E-state index is 12.0. The van der Waals surface area contributed by atoms with Crippen molar-refractivity contribution >= 4 is 17.6 Å². The summed E-state index contributed by atoms with van der Waals surface area (Å²) in [6.07, 6.45) is 2.33. The molecule has 162 valence electrons. The Morgan fingerprint density at radius 2 is 1.87 bits per heavy atom. The van der Waals surface area contributed by atoms with Gasteiger partial charge in [0.1, 0.15) is 5.75 Å². The number of piperazine rings is 1. The highest BCUT2D eigenvalue weighted by atomic mass is 16.5. The van der Waals surface area contributed by atoms with Crippen LogP contribution >= 0.6 is 0 Å². The monoisotopic (exact) mass is 413 g/mol. The number of anilines is 1. The molecule has 1 amide bonds. The fraction of sp³-hybridized carbons (Fsp3) is 0.455. The highest BCUT2D eigenvalue weighted by molar-refractivity contribution is 5.92. The largest absolute Gasteiger partial charge is 0.495 e. The Balaban J connectivity index is 1.40. The van der Waals surface area contributed by atoms with Crippen LogP contribution in [0.3, 0.4) is 0 Å². The van der Waals surface area contributed by atoms with Crippen molar-refractivity contribution in [2.75, 3.05) is 58.3 Å². The van der Waals surface area contributed by atoms with Gasteiger partial charge >= 0.3 is 0 Å². The van der Waals surface area contributed by atoms with Crippen LogP contribution in [-0.2, 0) is 0 Å². The highest BCUT2D eigenvalue weighted by Gasteiger charge is 2.21. The minimum Gasteiger partial charge on any atom is -0.495 e. The first-order valence-electron chi connectivity index (χ1n) is 10.3. The minimum absolute atomic E-state index is 0.172. The molecule has 2 N–H and O–H groups in total. The van der Waals surface area contributed by atoms with E-state index in [9.17, 15) is 4.79 Å². The second-order valence-corrected chi connectivity index (χ2v) is 7.16. The summed E-state index contributed by atoms with van der Waals surface area (Å²) in [5, 5.41) is 6.28. The normalized spacial score (nSPS) is 14.6. The second-order valence-electron chi connectivity index (χ2n) is 7.16. The van der Waals surface area contributed by atoms with Crippen molar-refractivity contribution in [3.05, 3.63) is 47.9 Å². The first kappa shape index (κ1) is 21.5. The van der Waals surface area contributed by atoms with Gasteiger partial charge in [0.15, 0.2) is 11.7 Å². The van der Waals surface area contributed by atoms with E-state index in [4.69, 9.17) is 9.15 Å². The molecule has 0 spiro atoms. The molecule has 8 heteroatoms. The number of benzene rings is 1. The van der Waals surface area contributed by atoms with Crippen molar-refractivity contribution in [1.82, 2.24) is 15.5 Å². The fourth-order valence-corrected chi connectivity index (χ4v) is 3.56. The van der Waals surface area contributed by atoms with Crippen molar-refractivity contribution in [3.8, 4) is 5.75 Å². The Bertz CT molecular complexity index is 856. The number of aryl methyl sites for hydroxylation is 1. The van der Waals surface area contributed by atoms with Gasteiger partial charge in [-0.15, -0.1) is 0 Å². The van der Waals surface area contributed by atoms with Crippen molar-refractivity contribution in [2.24, 2.45) is 4.99 Å². The maximum absolute atomic E-state index is 12.0. The Labute approximate surface area is 177 Å². The smallest absolute Gasteiger partial charge is 0.287 e. The van der Waals surface area contributed by atoms with Crippen molar-refractivity contribution < 1.29 is 13.9 Å². The van der Waals surface area contributed by atoms with E-state index in [-0.39, 0.29) is 5.91 Å². The number of ether oxygens (including phenoxy) is 1. The van der Waals surface area contributed by atoms with Gasteiger partial charge in [-0.05, 0) is 31.5 Å². The number of aliphatic imine (C=N–C) groups is 1. The van der Waals surface area contributed by atoms with E-state index in [2.05, 4.69) is 31.5 Å². The van der Waals surface area contributed by atoms with Crippen molar-refractivity contribution in [1.29, 1.82) is 0 Å². The van der Waals surface area contributed by atoms with Gasteiger partial charge in [0.25, 0.3) is 5.91 Å². The molecule has 1 aliphatic heterocycles. The number of hydrogen-bond acceptors (Lipinski definition) is 5. The summed E-state index contributed by atoms with van der Waals surface area (Å²) in [5.41, 5.74) is 1.98. The molecule has 0 bridgehead atoms. The van der Waals surface area contributed by atoms with E-state index in [0.717, 1.165) is 62.1 Å². The molecule has 1 aromatic heterocycles. The average molecular weight is 414 g/mol. The van der Waals surface area contributed by atoms with E-state index >= 15 is 0 Å². The zero-order valence-corrected chi connectivity index (χ0v) is 18.0. The fourth-order valence-electron chi connectivity index (χ4n) is 3.56. The third kappa shape index (κ3) is 5.25. The van der Waals surface area contributed by atoms with Crippen LogP contribution in [0.25, 0.3) is 0 Å². The highest BCUT2D eigenvalue weighted by Crippen LogP contribution is 2.28. The number of furan rings is 1. The lowest BCUT2D eigenvalue weighted by Crippen LogP contribution is -2.52. The molecule has 0 atom stereocenters. The molecule has 0 unspecified atom stereocenters. The van der Waals surface area contributed by atoms with E-state index in [1.807, 2.05) is 25.1 Å². The predicted octanol–water partition coefficient (Wildman–Crippen LogP) is 2.11. The average Bonchev–Trinajstić information content (AvgIpc) is 3.22. The number of carbonyl (C=O) groups is 1. The van der Waals surface area contributed by atoms with Gasteiger partial charge in [0.05, 0.1) is 19.1 Å². The van der Waals surface area contributed by atoms with Gasteiger partial charge in [0, 0.05) is 51.9 Å². The number of hydrogen-bond donors (Lipinski definition) is 2. The molecule has 0 radical (unpaired) electrons. The number of rotatable bonds is 7. The molecule has 1 fully saturated rings. The Hall–Kier alpha value is -3.16. The van der Waals surface area contributed by atoms with E-state index in [0.29, 0.717) is 12.3 Å². The number of nitrogens with one attached hydrogen (secondary N) is 2. The summed E-state index contributed by atoms with van der Waals surface area (Å²) < 4.78 is 10.7. The zero-order chi connectivity index (χ0) is 21.3. The van der Waals surface area contributed by atoms with Crippen LogP contribution in [0.15, 0.2) is 46.0 Å². The number of guanidine groups is 1. The molecule has 1 saturated heterocycles. The van der Waals surface area contributed by atoms with Gasteiger partial charge in [-0.3, -0.25) is 9.79 Å². The van der Waals surface area contributed by atoms with Gasteiger partial charge in [-0.25, -0.2) is 0 Å². The lowest BCUT2D eigenvalue weighted by molar-refractivity contribution is 0.0925. The number of amides is 1. The van der Waals surface area contributed by atoms with Crippen LogP contribution in [-0.4, -0.2) is 70.2 Å². The minimum atomic E-state index is -0.172. The first-order chi connectivity index (χ1) is 14.6.